The zero-order chi connectivity index (χ0) is 15.9. The molecule has 22 heavy (non-hydrogen) atoms. The largest absolute Gasteiger partial charge is 0.467 e. The van der Waals surface area contributed by atoms with Crippen LogP contribution in [0.15, 0.2) is 49.1 Å². The van der Waals surface area contributed by atoms with Crippen LogP contribution < -0.4 is 4.90 Å². The van der Waals surface area contributed by atoms with Crippen molar-refractivity contribution >= 4 is 28.2 Å². The third-order valence-corrected chi connectivity index (χ3v) is 4.41. The first-order valence-electron chi connectivity index (χ1n) is 7.07. The fourth-order valence-corrected chi connectivity index (χ4v) is 3.26. The lowest BCUT2D eigenvalue weighted by Gasteiger charge is -2.32. The molecular weight excluding hydrogens is 278 g/mol. The molecule has 2 aromatic rings. The van der Waals surface area contributed by atoms with E-state index in [9.17, 15) is 9.59 Å². The molecule has 0 amide bonds. The number of anilines is 1. The number of hydrogen-bond donors (Lipinski definition) is 0. The van der Waals surface area contributed by atoms with Crippen molar-refractivity contribution < 1.29 is 14.3 Å². The number of hydrogen-bond acceptors (Lipinski definition) is 4. The summed E-state index contributed by atoms with van der Waals surface area (Å²) in [5.41, 5.74) is -0.0352. The maximum atomic E-state index is 13.1. The van der Waals surface area contributed by atoms with Gasteiger partial charge in [0.05, 0.1) is 12.7 Å². The quantitative estimate of drug-likeness (QED) is 0.496. The molecule has 1 aliphatic rings. The minimum Gasteiger partial charge on any atom is -0.467 e. The van der Waals surface area contributed by atoms with E-state index in [1.165, 1.54) is 7.11 Å². The summed E-state index contributed by atoms with van der Waals surface area (Å²) in [6.07, 6.45) is 1.79. The zero-order valence-corrected chi connectivity index (χ0v) is 12.6. The van der Waals surface area contributed by atoms with Crippen LogP contribution in [0.5, 0.6) is 0 Å². The Morgan fingerprint density at radius 1 is 1.32 bits per heavy atom. The van der Waals surface area contributed by atoms with Gasteiger partial charge >= 0.3 is 5.97 Å². The fourth-order valence-electron chi connectivity index (χ4n) is 3.26. The highest BCUT2D eigenvalue weighted by Crippen LogP contribution is 2.43. The Bertz CT molecular complexity index is 796. The Morgan fingerprint density at radius 2 is 2.05 bits per heavy atom. The lowest BCUT2D eigenvalue weighted by atomic mass is 9.87. The van der Waals surface area contributed by atoms with E-state index in [0.717, 1.165) is 16.5 Å². The van der Waals surface area contributed by atoms with Crippen molar-refractivity contribution in [2.75, 3.05) is 19.1 Å². The summed E-state index contributed by atoms with van der Waals surface area (Å²) in [6.45, 7) is 3.69. The molecule has 4 nitrogen and oxygen atoms in total. The Kier molecular flexibility index (Phi) is 3.24. The molecule has 0 spiro atoms. The molecule has 0 radical (unpaired) electrons. The molecule has 1 unspecified atom stereocenters. The van der Waals surface area contributed by atoms with Gasteiger partial charge in [-0.15, -0.1) is 6.58 Å². The minimum atomic E-state index is -1.36. The number of fused-ring (bicyclic) bond motifs is 3. The molecule has 0 fully saturated rings. The number of Topliss-reactive ketones (excluding diaryl/α,β-unsaturated/α-hetero) is 1. The second-order valence-electron chi connectivity index (χ2n) is 5.41. The number of benzene rings is 2. The molecule has 0 N–H and O–H groups in total. The van der Waals surface area contributed by atoms with Crippen LogP contribution in [-0.4, -0.2) is 31.4 Å². The summed E-state index contributed by atoms with van der Waals surface area (Å²) >= 11 is 0. The number of likely N-dealkylation sites (N-methyl/N-ethyl adjacent to an activating group) is 1. The summed E-state index contributed by atoms with van der Waals surface area (Å²) < 4.78 is 4.92. The van der Waals surface area contributed by atoms with Crippen molar-refractivity contribution in [3.8, 4) is 0 Å². The van der Waals surface area contributed by atoms with Crippen molar-refractivity contribution in [3.05, 3.63) is 54.6 Å². The average Bonchev–Trinajstić information content (AvgIpc) is 2.77. The van der Waals surface area contributed by atoms with Gasteiger partial charge in [0.15, 0.2) is 0 Å². The number of carbonyl (C=O) groups excluding carboxylic acids is 2. The van der Waals surface area contributed by atoms with Crippen molar-refractivity contribution in [2.24, 2.45) is 0 Å². The van der Waals surface area contributed by atoms with E-state index in [2.05, 4.69) is 6.58 Å². The first kappa shape index (κ1) is 14.3. The molecule has 2 aromatic carbocycles. The van der Waals surface area contributed by atoms with Gasteiger partial charge in [-0.2, -0.15) is 0 Å². The van der Waals surface area contributed by atoms with Gasteiger partial charge in [0, 0.05) is 19.2 Å². The summed E-state index contributed by atoms with van der Waals surface area (Å²) in [4.78, 5) is 27.3. The number of nitrogens with zero attached hydrogens (tertiary/aromatic N) is 1. The Labute approximate surface area is 129 Å². The maximum Gasteiger partial charge on any atom is 0.340 e. The van der Waals surface area contributed by atoms with Crippen LogP contribution in [0, 0.1) is 0 Å². The van der Waals surface area contributed by atoms with Gasteiger partial charge < -0.3 is 9.64 Å². The summed E-state index contributed by atoms with van der Waals surface area (Å²) in [7, 11) is 3.05. The third-order valence-electron chi connectivity index (χ3n) is 4.41. The summed E-state index contributed by atoms with van der Waals surface area (Å²) in [6, 6.07) is 11.5. The van der Waals surface area contributed by atoms with E-state index in [4.69, 9.17) is 4.74 Å². The SMILES string of the molecule is C=CCC1(C(=O)OC)C(=O)c2c(ccc3ccccc23)N1C. The van der Waals surface area contributed by atoms with Crippen molar-refractivity contribution in [2.45, 2.75) is 12.0 Å². The molecule has 0 aliphatic carbocycles. The van der Waals surface area contributed by atoms with E-state index >= 15 is 0 Å². The predicted molar refractivity (Wildman–Crippen MR) is 86.2 cm³/mol. The van der Waals surface area contributed by atoms with Crippen LogP contribution in [-0.2, 0) is 9.53 Å². The Balaban J connectivity index is 2.31. The molecule has 112 valence electrons. The van der Waals surface area contributed by atoms with Gasteiger partial charge in [0.2, 0.25) is 11.3 Å². The topological polar surface area (TPSA) is 46.6 Å². The number of ketones is 1. The third kappa shape index (κ3) is 1.64. The fraction of sp³-hybridized carbons (Fsp3) is 0.222. The Hall–Kier alpha value is -2.62. The van der Waals surface area contributed by atoms with E-state index in [-0.39, 0.29) is 12.2 Å². The van der Waals surface area contributed by atoms with Gasteiger partial charge in [-0.3, -0.25) is 4.79 Å². The second kappa shape index (κ2) is 4.98. The first-order chi connectivity index (χ1) is 10.6. The van der Waals surface area contributed by atoms with E-state index in [0.29, 0.717) is 5.56 Å². The van der Waals surface area contributed by atoms with Gasteiger partial charge in [0.25, 0.3) is 0 Å². The molecule has 1 atom stereocenters. The zero-order valence-electron chi connectivity index (χ0n) is 12.6. The van der Waals surface area contributed by atoms with Crippen molar-refractivity contribution in [1.82, 2.24) is 0 Å². The Morgan fingerprint density at radius 3 is 2.73 bits per heavy atom. The van der Waals surface area contributed by atoms with Crippen LogP contribution in [0.25, 0.3) is 10.8 Å². The highest BCUT2D eigenvalue weighted by molar-refractivity contribution is 6.29. The van der Waals surface area contributed by atoms with Gasteiger partial charge in [-0.25, -0.2) is 4.79 Å². The van der Waals surface area contributed by atoms with E-state index < -0.39 is 11.5 Å². The molecule has 0 saturated carbocycles. The first-order valence-corrected chi connectivity index (χ1v) is 7.07. The van der Waals surface area contributed by atoms with E-state index in [1.807, 2.05) is 36.4 Å². The van der Waals surface area contributed by atoms with Crippen LogP contribution in [0.2, 0.25) is 0 Å². The molecule has 0 aromatic heterocycles. The normalized spacial score (nSPS) is 20.1. The lowest BCUT2D eigenvalue weighted by molar-refractivity contribution is -0.144. The van der Waals surface area contributed by atoms with Crippen LogP contribution in [0.4, 0.5) is 5.69 Å². The average molecular weight is 295 g/mol. The lowest BCUT2D eigenvalue weighted by Crippen LogP contribution is -2.55. The summed E-state index contributed by atoms with van der Waals surface area (Å²) in [5, 5.41) is 1.83. The predicted octanol–water partition coefficient (Wildman–Crippen LogP) is 2.96. The summed E-state index contributed by atoms with van der Waals surface area (Å²) in [5.74, 6) is -0.784. The molecule has 4 heteroatoms. The number of esters is 1. The molecular formula is C18H17NO3. The molecule has 1 heterocycles. The molecule has 0 saturated heterocycles. The van der Waals surface area contributed by atoms with Gasteiger partial charge in [-0.1, -0.05) is 36.4 Å². The highest BCUT2D eigenvalue weighted by Gasteiger charge is 2.56. The molecule has 0 bridgehead atoms. The van der Waals surface area contributed by atoms with Crippen LogP contribution >= 0.6 is 0 Å². The van der Waals surface area contributed by atoms with Crippen LogP contribution in [0.1, 0.15) is 16.8 Å². The number of carbonyl (C=O) groups is 2. The maximum absolute atomic E-state index is 13.1. The van der Waals surface area contributed by atoms with Gasteiger partial charge in [0.1, 0.15) is 0 Å². The standard InChI is InChI=1S/C18H17NO3/c1-4-11-18(17(21)22-3)16(20)15-13-8-6-5-7-12(13)9-10-14(15)19(18)2/h4-10H,1,11H2,2-3H3. The van der Waals surface area contributed by atoms with Gasteiger partial charge in [-0.05, 0) is 16.8 Å². The van der Waals surface area contributed by atoms with E-state index in [1.54, 1.807) is 18.0 Å². The molecule has 1 aliphatic heterocycles. The number of ether oxygens (including phenoxy) is 1. The van der Waals surface area contributed by atoms with Crippen molar-refractivity contribution in [3.63, 3.8) is 0 Å². The highest BCUT2D eigenvalue weighted by atomic mass is 16.5. The van der Waals surface area contributed by atoms with Crippen LogP contribution in [0.3, 0.4) is 0 Å². The molecule has 3 rings (SSSR count). The number of methoxy groups -OCH3 is 1. The second-order valence-corrected chi connectivity index (χ2v) is 5.41. The number of rotatable bonds is 3. The monoisotopic (exact) mass is 295 g/mol. The minimum absolute atomic E-state index is 0.206. The smallest absolute Gasteiger partial charge is 0.340 e. The van der Waals surface area contributed by atoms with Crippen molar-refractivity contribution in [1.29, 1.82) is 0 Å².